The highest BCUT2D eigenvalue weighted by atomic mass is 35.5. The van der Waals surface area contributed by atoms with Crippen molar-refractivity contribution in [2.24, 2.45) is 0 Å². The van der Waals surface area contributed by atoms with Crippen molar-refractivity contribution in [3.05, 3.63) is 58.1 Å². The van der Waals surface area contributed by atoms with Gasteiger partial charge in [0.25, 0.3) is 0 Å². The third-order valence-electron chi connectivity index (χ3n) is 3.96. The lowest BCUT2D eigenvalue weighted by atomic mass is 10.2. The minimum Gasteiger partial charge on any atom is -0.491 e. The molecule has 0 unspecified atom stereocenters. The number of rotatable bonds is 8. The van der Waals surface area contributed by atoms with E-state index in [1.165, 1.54) is 4.90 Å². The topological polar surface area (TPSA) is 70.7 Å². The van der Waals surface area contributed by atoms with Crippen LogP contribution in [-0.2, 0) is 4.79 Å². The summed E-state index contributed by atoms with van der Waals surface area (Å²) in [6.07, 6.45) is 0. The van der Waals surface area contributed by atoms with Gasteiger partial charge in [-0.2, -0.15) is 0 Å². The number of halogens is 2. The van der Waals surface area contributed by atoms with Crippen molar-refractivity contribution in [3.8, 4) is 5.75 Å². The van der Waals surface area contributed by atoms with Crippen LogP contribution in [0.1, 0.15) is 12.5 Å². The van der Waals surface area contributed by atoms with Gasteiger partial charge in [-0.15, -0.1) is 0 Å². The molecule has 0 radical (unpaired) electrons. The number of carbonyl (C=O) groups excluding carboxylic acids is 2. The van der Waals surface area contributed by atoms with E-state index in [0.717, 1.165) is 11.3 Å². The monoisotopic (exact) mass is 423 g/mol. The lowest BCUT2D eigenvalue weighted by molar-refractivity contribution is -0.116. The molecule has 2 aromatic carbocycles. The van der Waals surface area contributed by atoms with Gasteiger partial charge in [-0.05, 0) is 37.6 Å². The van der Waals surface area contributed by atoms with Gasteiger partial charge in [-0.3, -0.25) is 4.79 Å². The fraction of sp³-hybridized carbons (Fsp3) is 0.300. The molecule has 0 aliphatic heterocycles. The number of hydrogen-bond donors (Lipinski definition) is 2. The minimum atomic E-state index is -0.386. The van der Waals surface area contributed by atoms with E-state index in [-0.39, 0.29) is 18.5 Å². The van der Waals surface area contributed by atoms with Crippen molar-refractivity contribution in [1.82, 2.24) is 10.2 Å². The van der Waals surface area contributed by atoms with Crippen molar-refractivity contribution in [2.75, 3.05) is 31.6 Å². The average Bonchev–Trinajstić information content (AvgIpc) is 2.67. The van der Waals surface area contributed by atoms with Crippen LogP contribution in [-0.4, -0.2) is 43.1 Å². The van der Waals surface area contributed by atoms with Gasteiger partial charge >= 0.3 is 6.03 Å². The number of anilines is 1. The van der Waals surface area contributed by atoms with Crippen molar-refractivity contribution in [1.29, 1.82) is 0 Å². The van der Waals surface area contributed by atoms with Crippen LogP contribution in [0.3, 0.4) is 0 Å². The molecular weight excluding hydrogens is 401 g/mol. The second-order valence-electron chi connectivity index (χ2n) is 6.00. The van der Waals surface area contributed by atoms with Crippen LogP contribution < -0.4 is 15.4 Å². The Bertz CT molecular complexity index is 810. The maximum Gasteiger partial charge on any atom is 0.317 e. The molecule has 8 heteroatoms. The Morgan fingerprint density at radius 3 is 2.39 bits per heavy atom. The van der Waals surface area contributed by atoms with E-state index in [1.54, 1.807) is 25.1 Å². The summed E-state index contributed by atoms with van der Waals surface area (Å²) in [5.74, 6) is 0.392. The zero-order valence-corrected chi connectivity index (χ0v) is 17.3. The van der Waals surface area contributed by atoms with Gasteiger partial charge in [0.05, 0.1) is 22.3 Å². The van der Waals surface area contributed by atoms with Gasteiger partial charge < -0.3 is 20.3 Å². The van der Waals surface area contributed by atoms with Crippen molar-refractivity contribution in [2.45, 2.75) is 13.8 Å². The molecule has 0 aromatic heterocycles. The van der Waals surface area contributed by atoms with E-state index in [4.69, 9.17) is 27.9 Å². The summed E-state index contributed by atoms with van der Waals surface area (Å²) < 4.78 is 5.65. The average molecular weight is 424 g/mol. The highest BCUT2D eigenvalue weighted by Gasteiger charge is 2.17. The molecule has 150 valence electrons. The summed E-state index contributed by atoms with van der Waals surface area (Å²) >= 11 is 12.1. The number of aryl methyl sites for hydroxylation is 1. The predicted octanol–water partition coefficient (Wildman–Crippen LogP) is 4.35. The van der Waals surface area contributed by atoms with Crippen molar-refractivity contribution >= 4 is 40.8 Å². The second-order valence-corrected chi connectivity index (χ2v) is 6.82. The van der Waals surface area contributed by atoms with Gasteiger partial charge in [-0.1, -0.05) is 47.5 Å². The number of hydrogen-bond acceptors (Lipinski definition) is 3. The van der Waals surface area contributed by atoms with E-state index in [9.17, 15) is 9.59 Å². The number of benzene rings is 2. The molecule has 0 heterocycles. The zero-order chi connectivity index (χ0) is 20.5. The third-order valence-corrected chi connectivity index (χ3v) is 4.59. The lowest BCUT2D eigenvalue weighted by Gasteiger charge is -2.21. The number of para-hydroxylation sites is 2. The maximum absolute atomic E-state index is 12.3. The first kappa shape index (κ1) is 21.9. The molecule has 2 rings (SSSR count). The molecule has 0 bridgehead atoms. The first-order chi connectivity index (χ1) is 13.4. The van der Waals surface area contributed by atoms with Gasteiger partial charge in [0, 0.05) is 6.54 Å². The number of carbonyl (C=O) groups is 2. The predicted molar refractivity (Wildman–Crippen MR) is 112 cm³/mol. The number of likely N-dealkylation sites (N-methyl/N-ethyl adjacent to an activating group) is 1. The molecule has 0 spiro atoms. The van der Waals surface area contributed by atoms with E-state index in [0.29, 0.717) is 35.4 Å². The Morgan fingerprint density at radius 2 is 1.75 bits per heavy atom. The lowest BCUT2D eigenvalue weighted by Crippen LogP contribution is -2.45. The molecule has 28 heavy (non-hydrogen) atoms. The van der Waals surface area contributed by atoms with Crippen LogP contribution in [0.2, 0.25) is 10.0 Å². The van der Waals surface area contributed by atoms with Crippen molar-refractivity contribution in [3.63, 3.8) is 0 Å². The number of amides is 3. The molecule has 0 fully saturated rings. The molecule has 0 saturated heterocycles. The van der Waals surface area contributed by atoms with Crippen LogP contribution in [0, 0.1) is 6.92 Å². The molecule has 0 aliphatic carbocycles. The molecule has 0 saturated carbocycles. The largest absolute Gasteiger partial charge is 0.491 e. The fourth-order valence-corrected chi connectivity index (χ4v) is 2.94. The highest BCUT2D eigenvalue weighted by Crippen LogP contribution is 2.29. The quantitative estimate of drug-likeness (QED) is 0.619. The number of ether oxygens (including phenoxy) is 1. The Balaban J connectivity index is 1.80. The summed E-state index contributed by atoms with van der Waals surface area (Å²) in [6, 6.07) is 12.2. The number of urea groups is 1. The van der Waals surface area contributed by atoms with E-state index >= 15 is 0 Å². The van der Waals surface area contributed by atoms with Gasteiger partial charge in [-0.25, -0.2) is 4.79 Å². The molecule has 3 amide bonds. The number of nitrogens with zero attached hydrogens (tertiary/aromatic N) is 1. The number of nitrogens with one attached hydrogen (secondary N) is 2. The smallest absolute Gasteiger partial charge is 0.317 e. The molecule has 2 aromatic rings. The van der Waals surface area contributed by atoms with Crippen LogP contribution >= 0.6 is 23.2 Å². The minimum absolute atomic E-state index is 0.122. The summed E-state index contributed by atoms with van der Waals surface area (Å²) in [5, 5.41) is 6.06. The summed E-state index contributed by atoms with van der Waals surface area (Å²) in [5.41, 5.74) is 1.36. The van der Waals surface area contributed by atoms with Gasteiger partial charge in [0.2, 0.25) is 5.91 Å². The van der Waals surface area contributed by atoms with Crippen LogP contribution in [0.4, 0.5) is 10.5 Å². The molecule has 0 atom stereocenters. The second kappa shape index (κ2) is 10.8. The summed E-state index contributed by atoms with van der Waals surface area (Å²) in [6.45, 7) is 4.64. The van der Waals surface area contributed by atoms with E-state index in [2.05, 4.69) is 10.6 Å². The third kappa shape index (κ3) is 6.32. The zero-order valence-electron chi connectivity index (χ0n) is 15.8. The Labute approximate surface area is 174 Å². The standard InChI is InChI=1S/C20H23Cl2N3O3/c1-3-25(13-18(26)24-19-15(21)8-6-9-16(19)22)20(27)23-11-12-28-17-10-5-4-7-14(17)2/h4-10H,3,11-13H2,1-2H3,(H,23,27)(H,24,26). The van der Waals surface area contributed by atoms with Crippen LogP contribution in [0.25, 0.3) is 0 Å². The molecule has 6 nitrogen and oxygen atoms in total. The SMILES string of the molecule is CCN(CC(=O)Nc1c(Cl)cccc1Cl)C(=O)NCCOc1ccccc1C. The molecule has 2 N–H and O–H groups in total. The van der Waals surface area contributed by atoms with Crippen molar-refractivity contribution < 1.29 is 14.3 Å². The van der Waals surface area contributed by atoms with E-state index in [1.807, 2.05) is 31.2 Å². The first-order valence-corrected chi connectivity index (χ1v) is 9.63. The van der Waals surface area contributed by atoms with Gasteiger partial charge in [0.1, 0.15) is 18.9 Å². The Kier molecular flexibility index (Phi) is 8.42. The maximum atomic E-state index is 12.3. The van der Waals surface area contributed by atoms with Crippen LogP contribution in [0.5, 0.6) is 5.75 Å². The summed E-state index contributed by atoms with van der Waals surface area (Å²) in [4.78, 5) is 26.0. The van der Waals surface area contributed by atoms with E-state index < -0.39 is 0 Å². The van der Waals surface area contributed by atoms with Crippen LogP contribution in [0.15, 0.2) is 42.5 Å². The van der Waals surface area contributed by atoms with Gasteiger partial charge in [0.15, 0.2) is 0 Å². The fourth-order valence-electron chi connectivity index (χ4n) is 2.45. The molecular formula is C20H23Cl2N3O3. The highest BCUT2D eigenvalue weighted by molar-refractivity contribution is 6.39. The normalized spacial score (nSPS) is 10.3. The Morgan fingerprint density at radius 1 is 1.07 bits per heavy atom. The summed E-state index contributed by atoms with van der Waals surface area (Å²) in [7, 11) is 0. The first-order valence-electron chi connectivity index (χ1n) is 8.87. The Hall–Kier alpha value is -2.44. The molecule has 0 aliphatic rings.